The molecule has 0 radical (unpaired) electrons. The second kappa shape index (κ2) is 7.10. The van der Waals surface area contributed by atoms with Crippen LogP contribution in [0.1, 0.15) is 69.1 Å². The molecule has 1 aromatic heterocycles. The number of rotatable bonds is 4. The van der Waals surface area contributed by atoms with Crippen LogP contribution in [0.3, 0.4) is 0 Å². The summed E-state index contributed by atoms with van der Waals surface area (Å²) in [4.78, 5) is 4.40. The van der Waals surface area contributed by atoms with Crippen molar-refractivity contribution >= 4 is 10.6 Å². The molecule has 2 N–H and O–H groups in total. The van der Waals surface area contributed by atoms with E-state index in [-0.39, 0.29) is 16.7 Å². The Morgan fingerprint density at radius 3 is 2.19 bits per heavy atom. The molecule has 3 rings (SSSR count). The Morgan fingerprint density at radius 2 is 1.63 bits per heavy atom. The third-order valence-corrected chi connectivity index (χ3v) is 7.68. The maximum Gasteiger partial charge on any atom is 0.416 e. The van der Waals surface area contributed by atoms with Crippen LogP contribution in [-0.2, 0) is 10.9 Å². The second-order valence-corrected chi connectivity index (χ2v) is 9.96. The molecule has 27 heavy (non-hydrogen) atoms. The van der Waals surface area contributed by atoms with Crippen LogP contribution in [0.4, 0.5) is 13.2 Å². The highest BCUT2D eigenvalue weighted by atomic mass is 32.3. The monoisotopic (exact) mass is 404 g/mol. The smallest absolute Gasteiger partial charge is 0.337 e. The fraction of sp³-hybridized carbons (Fsp3) is 0.556. The SMILES string of the molecule is CC(C)(c1nc(C2CCCCC2)no1)S(O)(O)c1ccc(C(F)(F)F)cc1. The average Bonchev–Trinajstić information content (AvgIpc) is 3.12. The summed E-state index contributed by atoms with van der Waals surface area (Å²) in [5, 5.41) is 4.02. The molecule has 1 aromatic carbocycles. The van der Waals surface area contributed by atoms with E-state index in [0.29, 0.717) is 5.82 Å². The van der Waals surface area contributed by atoms with Gasteiger partial charge in [-0.1, -0.05) is 24.4 Å². The Bertz CT molecular complexity index is 782. The molecule has 1 aliphatic carbocycles. The van der Waals surface area contributed by atoms with E-state index in [1.54, 1.807) is 0 Å². The maximum absolute atomic E-state index is 12.7. The summed E-state index contributed by atoms with van der Waals surface area (Å²) >= 11 is 0. The molecule has 1 aliphatic rings. The zero-order valence-corrected chi connectivity index (χ0v) is 16.0. The average molecular weight is 404 g/mol. The first-order valence-electron chi connectivity index (χ1n) is 8.82. The molecule has 0 saturated heterocycles. The van der Waals surface area contributed by atoms with E-state index in [4.69, 9.17) is 4.52 Å². The molecule has 1 heterocycles. The maximum atomic E-state index is 12.7. The van der Waals surface area contributed by atoms with Crippen molar-refractivity contribution < 1.29 is 26.8 Å². The third kappa shape index (κ3) is 3.86. The van der Waals surface area contributed by atoms with Gasteiger partial charge in [0.1, 0.15) is 4.75 Å². The first kappa shape index (κ1) is 20.2. The number of hydrogen-bond donors (Lipinski definition) is 2. The Labute approximate surface area is 157 Å². The minimum absolute atomic E-state index is 0.00193. The van der Waals surface area contributed by atoms with Crippen molar-refractivity contribution in [2.45, 2.75) is 67.7 Å². The van der Waals surface area contributed by atoms with Gasteiger partial charge >= 0.3 is 6.18 Å². The summed E-state index contributed by atoms with van der Waals surface area (Å²) in [6.07, 6.45) is 0.819. The lowest BCUT2D eigenvalue weighted by Crippen LogP contribution is -2.26. The number of benzene rings is 1. The molecular weight excluding hydrogens is 381 g/mol. The predicted octanol–water partition coefficient (Wildman–Crippen LogP) is 6.18. The molecule has 0 atom stereocenters. The van der Waals surface area contributed by atoms with E-state index in [1.807, 2.05) is 0 Å². The quantitative estimate of drug-likeness (QED) is 0.636. The highest BCUT2D eigenvalue weighted by Gasteiger charge is 2.43. The van der Waals surface area contributed by atoms with Crippen molar-refractivity contribution in [1.29, 1.82) is 0 Å². The summed E-state index contributed by atoms with van der Waals surface area (Å²) in [5.74, 6) is 0.822. The van der Waals surface area contributed by atoms with Crippen LogP contribution in [0, 0.1) is 0 Å². The molecule has 9 heteroatoms. The molecule has 0 aliphatic heterocycles. The molecule has 5 nitrogen and oxygen atoms in total. The van der Waals surface area contributed by atoms with Crippen molar-refractivity contribution in [3.63, 3.8) is 0 Å². The second-order valence-electron chi connectivity index (χ2n) is 7.37. The molecule has 1 saturated carbocycles. The van der Waals surface area contributed by atoms with Crippen LogP contribution < -0.4 is 0 Å². The molecule has 0 bridgehead atoms. The standard InChI is InChI=1S/C18H23F3N2O3S/c1-17(2,16-22-15(23-26-16)12-6-4-3-5-7-12)27(24,25)14-10-8-13(9-11-14)18(19,20)21/h8-12,24-25H,3-7H2,1-2H3. The predicted molar refractivity (Wildman–Crippen MR) is 95.7 cm³/mol. The molecule has 1 fully saturated rings. The summed E-state index contributed by atoms with van der Waals surface area (Å²) in [6.45, 7) is 3.08. The summed E-state index contributed by atoms with van der Waals surface area (Å²) in [7, 11) is -3.53. The molecule has 2 aromatic rings. The minimum Gasteiger partial charge on any atom is -0.337 e. The Morgan fingerprint density at radius 1 is 1.04 bits per heavy atom. The molecule has 0 amide bonds. The summed E-state index contributed by atoms with van der Waals surface area (Å²) in [6, 6.07) is 3.83. The van der Waals surface area contributed by atoms with Gasteiger partial charge in [0, 0.05) is 5.92 Å². The van der Waals surface area contributed by atoms with Crippen molar-refractivity contribution in [2.24, 2.45) is 0 Å². The Hall–Kier alpha value is -1.58. The van der Waals surface area contributed by atoms with Gasteiger partial charge in [0.15, 0.2) is 5.82 Å². The van der Waals surface area contributed by atoms with Crippen LogP contribution in [0.25, 0.3) is 0 Å². The first-order chi connectivity index (χ1) is 12.5. The lowest BCUT2D eigenvalue weighted by Gasteiger charge is -2.44. The number of aromatic nitrogens is 2. The third-order valence-electron chi connectivity index (χ3n) is 5.15. The van der Waals surface area contributed by atoms with E-state index in [2.05, 4.69) is 10.1 Å². The highest BCUT2D eigenvalue weighted by Crippen LogP contribution is 2.63. The molecule has 0 spiro atoms. The fourth-order valence-corrected chi connectivity index (χ4v) is 4.69. The topological polar surface area (TPSA) is 79.4 Å². The van der Waals surface area contributed by atoms with Crippen molar-refractivity contribution in [3.05, 3.63) is 41.5 Å². The first-order valence-corrected chi connectivity index (χ1v) is 10.4. The van der Waals surface area contributed by atoms with Gasteiger partial charge in [-0.25, -0.2) is 0 Å². The minimum atomic E-state index is -4.49. The number of nitrogens with zero attached hydrogens (tertiary/aromatic N) is 2. The van der Waals surface area contributed by atoms with Gasteiger partial charge < -0.3 is 4.52 Å². The van der Waals surface area contributed by atoms with Crippen molar-refractivity contribution in [2.75, 3.05) is 0 Å². The zero-order chi connectivity index (χ0) is 19.9. The zero-order valence-electron chi connectivity index (χ0n) is 15.2. The lowest BCUT2D eigenvalue weighted by molar-refractivity contribution is -0.137. The lowest BCUT2D eigenvalue weighted by atomic mass is 9.89. The van der Waals surface area contributed by atoms with Crippen LogP contribution in [-0.4, -0.2) is 19.2 Å². The summed E-state index contributed by atoms with van der Waals surface area (Å²) < 4.78 is 63.8. The Kier molecular flexibility index (Phi) is 5.31. The van der Waals surface area contributed by atoms with E-state index in [9.17, 15) is 22.3 Å². The highest BCUT2D eigenvalue weighted by molar-refractivity contribution is 8.25. The number of hydrogen-bond acceptors (Lipinski definition) is 5. The van der Waals surface area contributed by atoms with E-state index < -0.39 is 27.1 Å². The molecule has 0 unspecified atom stereocenters. The van der Waals surface area contributed by atoms with Gasteiger partial charge in [0.25, 0.3) is 5.89 Å². The molecule has 150 valence electrons. The van der Waals surface area contributed by atoms with Gasteiger partial charge in [0.05, 0.1) is 10.5 Å². The van der Waals surface area contributed by atoms with Gasteiger partial charge in [-0.05, 0) is 51.0 Å². The van der Waals surface area contributed by atoms with Gasteiger partial charge in [-0.2, -0.15) is 28.7 Å². The van der Waals surface area contributed by atoms with Gasteiger partial charge in [-0.15, -0.1) is 0 Å². The van der Waals surface area contributed by atoms with E-state index >= 15 is 0 Å². The van der Waals surface area contributed by atoms with Crippen molar-refractivity contribution in [3.8, 4) is 0 Å². The van der Waals surface area contributed by atoms with Crippen LogP contribution in [0.15, 0.2) is 33.7 Å². The largest absolute Gasteiger partial charge is 0.416 e. The van der Waals surface area contributed by atoms with Crippen LogP contribution in [0.5, 0.6) is 0 Å². The summed E-state index contributed by atoms with van der Waals surface area (Å²) in [5.41, 5.74) is -0.850. The van der Waals surface area contributed by atoms with Crippen LogP contribution >= 0.6 is 10.6 Å². The normalized spacial score (nSPS) is 17.9. The van der Waals surface area contributed by atoms with Gasteiger partial charge in [-0.3, -0.25) is 9.11 Å². The fourth-order valence-electron chi connectivity index (χ4n) is 3.26. The number of alkyl halides is 3. The van der Waals surface area contributed by atoms with Crippen LogP contribution in [0.2, 0.25) is 0 Å². The Balaban J connectivity index is 1.87. The molecular formula is C18H23F3N2O3S. The van der Waals surface area contributed by atoms with E-state index in [0.717, 1.165) is 49.9 Å². The van der Waals surface area contributed by atoms with Crippen molar-refractivity contribution in [1.82, 2.24) is 10.1 Å². The van der Waals surface area contributed by atoms with Gasteiger partial charge in [0.2, 0.25) is 0 Å². The number of halogens is 3. The van der Waals surface area contributed by atoms with E-state index in [1.165, 1.54) is 20.3 Å².